The van der Waals surface area contributed by atoms with Crippen LogP contribution >= 0.6 is 0 Å². The van der Waals surface area contributed by atoms with E-state index in [0.29, 0.717) is 0 Å². The zero-order chi connectivity index (χ0) is 11.0. The van der Waals surface area contributed by atoms with E-state index in [1.54, 1.807) is 0 Å². The van der Waals surface area contributed by atoms with Gasteiger partial charge in [0.05, 0.1) is 5.69 Å². The minimum Gasteiger partial charge on any atom is -0.308 e. The molecule has 3 nitrogen and oxygen atoms in total. The third kappa shape index (κ3) is 2.14. The first-order valence-corrected chi connectivity index (χ1v) is 6.62. The zero-order valence-corrected chi connectivity index (χ0v) is 10.0. The predicted molar refractivity (Wildman–Crippen MR) is 64.0 cm³/mol. The lowest BCUT2D eigenvalue weighted by molar-refractivity contribution is 0.407. The van der Waals surface area contributed by atoms with Crippen molar-refractivity contribution in [3.8, 4) is 0 Å². The van der Waals surface area contributed by atoms with Crippen LogP contribution in [0.25, 0.3) is 0 Å². The molecule has 1 aromatic rings. The summed E-state index contributed by atoms with van der Waals surface area (Å²) in [5.74, 6) is 1.95. The summed E-state index contributed by atoms with van der Waals surface area (Å²) in [5, 5.41) is 8.07. The van der Waals surface area contributed by atoms with E-state index >= 15 is 0 Å². The minimum atomic E-state index is 0.792. The lowest BCUT2D eigenvalue weighted by Gasteiger charge is -2.17. The highest BCUT2D eigenvalue weighted by Gasteiger charge is 2.40. The molecule has 0 aromatic carbocycles. The van der Waals surface area contributed by atoms with Crippen molar-refractivity contribution in [2.24, 2.45) is 11.8 Å². The average molecular weight is 219 g/mol. The first-order valence-electron chi connectivity index (χ1n) is 6.62. The third-order valence-corrected chi connectivity index (χ3v) is 3.88. The van der Waals surface area contributed by atoms with Gasteiger partial charge in [-0.25, -0.2) is 0 Å². The fourth-order valence-electron chi connectivity index (χ4n) is 2.65. The molecule has 2 aliphatic rings. The lowest BCUT2D eigenvalue weighted by atomic mass is 10.1. The van der Waals surface area contributed by atoms with E-state index in [2.05, 4.69) is 28.1 Å². The molecule has 0 bridgehead atoms. The van der Waals surface area contributed by atoms with Crippen LogP contribution in [0.4, 0.5) is 0 Å². The second-order valence-corrected chi connectivity index (χ2v) is 5.22. The minimum absolute atomic E-state index is 0.792. The van der Waals surface area contributed by atoms with Crippen LogP contribution in [0.1, 0.15) is 38.3 Å². The Bertz CT molecular complexity index is 338. The van der Waals surface area contributed by atoms with Crippen molar-refractivity contribution in [3.05, 3.63) is 18.0 Å². The molecule has 0 saturated heterocycles. The predicted octanol–water partition coefficient (Wildman–Crippen LogP) is 2.18. The summed E-state index contributed by atoms with van der Waals surface area (Å²) in [7, 11) is 0. The molecule has 1 aromatic heterocycles. The molecule has 0 atom stereocenters. The van der Waals surface area contributed by atoms with Crippen molar-refractivity contribution in [2.75, 3.05) is 0 Å². The van der Waals surface area contributed by atoms with Crippen LogP contribution in [-0.4, -0.2) is 15.8 Å². The van der Waals surface area contributed by atoms with Gasteiger partial charge in [0.25, 0.3) is 0 Å². The fourth-order valence-corrected chi connectivity index (χ4v) is 2.65. The Hall–Kier alpha value is -0.830. The molecule has 0 amide bonds. The van der Waals surface area contributed by atoms with Crippen molar-refractivity contribution >= 4 is 0 Å². The number of aromatic nitrogens is 2. The van der Waals surface area contributed by atoms with Crippen molar-refractivity contribution in [1.82, 2.24) is 15.1 Å². The van der Waals surface area contributed by atoms with Crippen LogP contribution in [0.15, 0.2) is 12.3 Å². The molecule has 16 heavy (non-hydrogen) atoms. The molecule has 0 aliphatic heterocycles. The second kappa shape index (κ2) is 4.21. The van der Waals surface area contributed by atoms with E-state index in [9.17, 15) is 0 Å². The number of hydrogen-bond acceptors (Lipinski definition) is 2. The van der Waals surface area contributed by atoms with Crippen molar-refractivity contribution in [2.45, 2.75) is 51.7 Å². The summed E-state index contributed by atoms with van der Waals surface area (Å²) in [4.78, 5) is 0. The summed E-state index contributed by atoms with van der Waals surface area (Å²) in [6.07, 6.45) is 7.69. The van der Waals surface area contributed by atoms with Crippen LogP contribution in [0.5, 0.6) is 0 Å². The molecule has 3 heteroatoms. The standard InChI is InChI=1S/C13H21N3/c1-2-16-12(7-8-15-16)9-14-13(10-3-4-10)11-5-6-11/h7-8,10-11,13-14H,2-6,9H2,1H3. The molecular weight excluding hydrogens is 198 g/mol. The maximum atomic E-state index is 4.31. The van der Waals surface area contributed by atoms with E-state index in [1.807, 2.05) is 6.20 Å². The molecule has 3 rings (SSSR count). The van der Waals surface area contributed by atoms with Crippen LogP contribution in [0.2, 0.25) is 0 Å². The van der Waals surface area contributed by atoms with Gasteiger partial charge >= 0.3 is 0 Å². The zero-order valence-electron chi connectivity index (χ0n) is 10.0. The molecule has 88 valence electrons. The molecule has 2 fully saturated rings. The van der Waals surface area contributed by atoms with E-state index in [1.165, 1.54) is 31.4 Å². The van der Waals surface area contributed by atoms with Crippen LogP contribution in [-0.2, 0) is 13.1 Å². The normalized spacial score (nSPS) is 20.6. The SMILES string of the molecule is CCn1nccc1CNC(C1CC1)C1CC1. The summed E-state index contributed by atoms with van der Waals surface area (Å²) in [6.45, 7) is 4.11. The van der Waals surface area contributed by atoms with Gasteiger partial charge in [0.15, 0.2) is 0 Å². The summed E-state index contributed by atoms with van der Waals surface area (Å²) in [6, 6.07) is 2.92. The Morgan fingerprint density at radius 3 is 2.62 bits per heavy atom. The van der Waals surface area contributed by atoms with E-state index in [-0.39, 0.29) is 0 Å². The topological polar surface area (TPSA) is 29.9 Å². The van der Waals surface area contributed by atoms with Gasteiger partial charge in [-0.05, 0) is 50.5 Å². The third-order valence-electron chi connectivity index (χ3n) is 3.88. The van der Waals surface area contributed by atoms with Gasteiger partial charge in [-0.1, -0.05) is 0 Å². The van der Waals surface area contributed by atoms with Crippen LogP contribution in [0.3, 0.4) is 0 Å². The monoisotopic (exact) mass is 219 g/mol. The number of hydrogen-bond donors (Lipinski definition) is 1. The van der Waals surface area contributed by atoms with Crippen molar-refractivity contribution in [1.29, 1.82) is 0 Å². The Labute approximate surface area is 97.2 Å². The summed E-state index contributed by atoms with van der Waals surface area (Å²) in [5.41, 5.74) is 1.33. The van der Waals surface area contributed by atoms with E-state index in [4.69, 9.17) is 0 Å². The van der Waals surface area contributed by atoms with Gasteiger partial charge in [0.2, 0.25) is 0 Å². The molecule has 2 aliphatic carbocycles. The smallest absolute Gasteiger partial charge is 0.0522 e. The molecule has 1 heterocycles. The Balaban J connectivity index is 1.58. The molecule has 2 saturated carbocycles. The summed E-state index contributed by atoms with van der Waals surface area (Å²) >= 11 is 0. The highest BCUT2D eigenvalue weighted by atomic mass is 15.3. The van der Waals surface area contributed by atoms with Gasteiger partial charge < -0.3 is 5.32 Å². The average Bonchev–Trinajstić information content (AvgIpc) is 3.19. The van der Waals surface area contributed by atoms with E-state index in [0.717, 1.165) is 31.0 Å². The van der Waals surface area contributed by atoms with Crippen molar-refractivity contribution < 1.29 is 0 Å². The number of rotatable bonds is 6. The Morgan fingerprint density at radius 2 is 2.06 bits per heavy atom. The van der Waals surface area contributed by atoms with Crippen LogP contribution < -0.4 is 5.32 Å². The van der Waals surface area contributed by atoms with Gasteiger partial charge in [0.1, 0.15) is 0 Å². The quantitative estimate of drug-likeness (QED) is 0.794. The van der Waals surface area contributed by atoms with Crippen LogP contribution in [0, 0.1) is 11.8 Å². The molecule has 0 spiro atoms. The van der Waals surface area contributed by atoms with E-state index < -0.39 is 0 Å². The van der Waals surface area contributed by atoms with Gasteiger partial charge in [0, 0.05) is 25.3 Å². The van der Waals surface area contributed by atoms with Gasteiger partial charge in [-0.3, -0.25) is 4.68 Å². The highest BCUT2D eigenvalue weighted by Crippen LogP contribution is 2.44. The Kier molecular flexibility index (Phi) is 2.72. The lowest BCUT2D eigenvalue weighted by Crippen LogP contribution is -2.33. The molecule has 1 N–H and O–H groups in total. The number of aryl methyl sites for hydroxylation is 1. The highest BCUT2D eigenvalue weighted by molar-refractivity contribution is 5.03. The fraction of sp³-hybridized carbons (Fsp3) is 0.769. The molecule has 0 unspecified atom stereocenters. The van der Waals surface area contributed by atoms with Gasteiger partial charge in [-0.15, -0.1) is 0 Å². The largest absolute Gasteiger partial charge is 0.308 e. The first-order chi connectivity index (χ1) is 7.88. The van der Waals surface area contributed by atoms with Gasteiger partial charge in [-0.2, -0.15) is 5.10 Å². The maximum absolute atomic E-state index is 4.31. The summed E-state index contributed by atoms with van der Waals surface area (Å²) < 4.78 is 2.09. The van der Waals surface area contributed by atoms with Crippen molar-refractivity contribution in [3.63, 3.8) is 0 Å². The Morgan fingerprint density at radius 1 is 1.38 bits per heavy atom. The number of nitrogens with zero attached hydrogens (tertiary/aromatic N) is 2. The molecular formula is C13H21N3. The molecule has 0 radical (unpaired) electrons. The second-order valence-electron chi connectivity index (χ2n) is 5.22. The number of nitrogens with one attached hydrogen (secondary N) is 1. The maximum Gasteiger partial charge on any atom is 0.0522 e. The first kappa shape index (κ1) is 10.3.